The Balaban J connectivity index is 1.55. The largest absolute Gasteiger partial charge is 0.416 e. The predicted octanol–water partition coefficient (Wildman–Crippen LogP) is 5.73. The van der Waals surface area contributed by atoms with Crippen LogP contribution in [0.2, 0.25) is 10.0 Å². The fourth-order valence-electron chi connectivity index (χ4n) is 5.53. The van der Waals surface area contributed by atoms with E-state index in [0.29, 0.717) is 55.5 Å². The molecule has 6 nitrogen and oxygen atoms in total. The van der Waals surface area contributed by atoms with Crippen molar-refractivity contribution in [1.82, 2.24) is 14.7 Å². The number of hydrogen-bond acceptors (Lipinski definition) is 3. The third-order valence-electron chi connectivity index (χ3n) is 7.83. The van der Waals surface area contributed by atoms with E-state index in [4.69, 9.17) is 23.2 Å². The quantitative estimate of drug-likeness (QED) is 0.462. The van der Waals surface area contributed by atoms with Crippen LogP contribution in [0.1, 0.15) is 53.6 Å². The second-order valence-electron chi connectivity index (χ2n) is 10.2. The summed E-state index contributed by atoms with van der Waals surface area (Å²) in [6, 6.07) is 9.06. The summed E-state index contributed by atoms with van der Waals surface area (Å²) in [6.07, 6.45) is -2.81. The Morgan fingerprint density at radius 1 is 0.897 bits per heavy atom. The summed E-state index contributed by atoms with van der Waals surface area (Å²) in [5.74, 6) is -0.855. The summed E-state index contributed by atoms with van der Waals surface area (Å²) in [4.78, 5) is 43.6. The molecule has 210 valence electrons. The topological polar surface area (TPSA) is 60.9 Å². The summed E-state index contributed by atoms with van der Waals surface area (Å²) in [5, 5.41) is 0.733. The lowest BCUT2D eigenvalue weighted by Crippen LogP contribution is -2.53. The van der Waals surface area contributed by atoms with Gasteiger partial charge in [-0.2, -0.15) is 13.2 Å². The number of amides is 3. The number of likely N-dealkylation sites (tertiary alicyclic amines) is 2. The molecule has 1 unspecified atom stereocenters. The monoisotopic (exact) mass is 583 g/mol. The van der Waals surface area contributed by atoms with Gasteiger partial charge in [0.15, 0.2) is 0 Å². The van der Waals surface area contributed by atoms with E-state index in [1.807, 2.05) is 11.0 Å². The third kappa shape index (κ3) is 6.52. The minimum atomic E-state index is -4.49. The summed E-state index contributed by atoms with van der Waals surface area (Å²) < 4.78 is 39.0. The molecule has 11 heteroatoms. The van der Waals surface area contributed by atoms with E-state index in [1.54, 1.807) is 29.0 Å². The Morgan fingerprint density at radius 2 is 1.51 bits per heavy atom. The van der Waals surface area contributed by atoms with Gasteiger partial charge in [-0.25, -0.2) is 0 Å². The number of carbonyl (C=O) groups is 3. The van der Waals surface area contributed by atoms with Crippen LogP contribution in [0.5, 0.6) is 0 Å². The molecular formula is C28H30Cl2F3N3O3. The summed E-state index contributed by atoms with van der Waals surface area (Å²) in [7, 11) is 1.63. The van der Waals surface area contributed by atoms with Crippen LogP contribution in [0.4, 0.5) is 13.2 Å². The molecular weight excluding hydrogens is 554 g/mol. The van der Waals surface area contributed by atoms with Gasteiger partial charge in [-0.05, 0) is 61.2 Å². The molecule has 4 rings (SSSR count). The van der Waals surface area contributed by atoms with Crippen LogP contribution in [-0.2, 0) is 15.8 Å². The molecule has 0 bridgehead atoms. The zero-order valence-corrected chi connectivity index (χ0v) is 23.2. The van der Waals surface area contributed by atoms with Crippen molar-refractivity contribution >= 4 is 40.9 Å². The Morgan fingerprint density at radius 3 is 2.08 bits per heavy atom. The molecule has 2 aliphatic heterocycles. The molecule has 0 radical (unpaired) electrons. The molecule has 0 saturated carbocycles. The standard InChI is InChI=1S/C28H30Cl2F3N3O3/c1-17(37)35-12-9-19(10-13-35)27(39)36-14-11-25(22(16-36)20-5-8-23(29)24(30)15-20)34(2)26(38)18-3-6-21(7-4-18)28(31,32)33/h3-8,15,19,22,25H,9-14,16H2,1-2H3/t22-,25?/m0/s1. The predicted molar refractivity (Wildman–Crippen MR) is 143 cm³/mol. The number of halogens is 5. The number of carbonyl (C=O) groups excluding carboxylic acids is 3. The number of likely N-dealkylation sites (N-methyl/N-ethyl adjacent to an activating group) is 1. The molecule has 3 amide bonds. The van der Waals surface area contributed by atoms with Gasteiger partial charge in [-0.1, -0.05) is 29.3 Å². The fourth-order valence-corrected chi connectivity index (χ4v) is 5.84. The fraction of sp³-hybridized carbons (Fsp3) is 0.464. The number of hydrogen-bond donors (Lipinski definition) is 0. The van der Waals surface area contributed by atoms with E-state index in [1.165, 1.54) is 19.1 Å². The number of piperidine rings is 2. The molecule has 2 aliphatic rings. The van der Waals surface area contributed by atoms with Gasteiger partial charge in [-0.3, -0.25) is 14.4 Å². The van der Waals surface area contributed by atoms with Crippen LogP contribution in [0.15, 0.2) is 42.5 Å². The molecule has 0 aromatic heterocycles. The van der Waals surface area contributed by atoms with Crippen molar-refractivity contribution in [1.29, 1.82) is 0 Å². The molecule has 2 saturated heterocycles. The van der Waals surface area contributed by atoms with E-state index < -0.39 is 17.6 Å². The molecule has 0 spiro atoms. The zero-order chi connectivity index (χ0) is 28.5. The molecule has 2 aromatic carbocycles. The summed E-state index contributed by atoms with van der Waals surface area (Å²) >= 11 is 12.5. The maximum atomic E-state index is 13.5. The Bertz CT molecular complexity index is 1230. The lowest BCUT2D eigenvalue weighted by atomic mass is 9.83. The van der Waals surface area contributed by atoms with Gasteiger partial charge in [0, 0.05) is 63.6 Å². The lowest BCUT2D eigenvalue weighted by Gasteiger charge is -2.44. The van der Waals surface area contributed by atoms with E-state index in [2.05, 4.69) is 0 Å². The van der Waals surface area contributed by atoms with Crippen LogP contribution in [0.3, 0.4) is 0 Å². The molecule has 2 heterocycles. The SMILES string of the molecule is CC(=O)N1CCC(C(=O)N2CCC(N(C)C(=O)c3ccc(C(F)(F)F)cc3)[C@H](c3ccc(Cl)c(Cl)c3)C2)CC1. The van der Waals surface area contributed by atoms with Gasteiger partial charge in [-0.15, -0.1) is 0 Å². The van der Waals surface area contributed by atoms with Crippen LogP contribution in [0.25, 0.3) is 0 Å². The molecule has 39 heavy (non-hydrogen) atoms. The maximum Gasteiger partial charge on any atom is 0.416 e. The first-order valence-electron chi connectivity index (χ1n) is 12.8. The van der Waals surface area contributed by atoms with E-state index in [-0.39, 0.29) is 35.3 Å². The number of rotatable bonds is 4. The maximum absolute atomic E-state index is 13.5. The van der Waals surface area contributed by atoms with Crippen molar-refractivity contribution in [3.8, 4) is 0 Å². The second kappa shape index (κ2) is 11.8. The highest BCUT2D eigenvalue weighted by molar-refractivity contribution is 6.42. The molecule has 0 aliphatic carbocycles. The van der Waals surface area contributed by atoms with Crippen LogP contribution in [-0.4, -0.2) is 71.7 Å². The van der Waals surface area contributed by atoms with Gasteiger partial charge in [0.2, 0.25) is 11.8 Å². The Hall–Kier alpha value is -2.78. The van der Waals surface area contributed by atoms with Gasteiger partial charge < -0.3 is 14.7 Å². The van der Waals surface area contributed by atoms with Gasteiger partial charge in [0.25, 0.3) is 5.91 Å². The second-order valence-corrected chi connectivity index (χ2v) is 11.0. The Kier molecular flexibility index (Phi) is 8.81. The molecule has 2 fully saturated rings. The van der Waals surface area contributed by atoms with Crippen molar-refractivity contribution in [3.05, 3.63) is 69.2 Å². The highest BCUT2D eigenvalue weighted by atomic mass is 35.5. The van der Waals surface area contributed by atoms with Crippen LogP contribution < -0.4 is 0 Å². The minimum Gasteiger partial charge on any atom is -0.343 e. The smallest absolute Gasteiger partial charge is 0.343 e. The first-order valence-corrected chi connectivity index (χ1v) is 13.6. The number of nitrogens with zero attached hydrogens (tertiary/aromatic N) is 3. The summed E-state index contributed by atoms with van der Waals surface area (Å²) in [5.41, 5.74) is 0.135. The van der Waals surface area contributed by atoms with Crippen molar-refractivity contribution < 1.29 is 27.6 Å². The van der Waals surface area contributed by atoms with Crippen molar-refractivity contribution in [2.75, 3.05) is 33.2 Å². The first kappa shape index (κ1) is 29.2. The Labute approximate surface area is 235 Å². The van der Waals surface area contributed by atoms with Crippen molar-refractivity contribution in [2.24, 2.45) is 5.92 Å². The normalized spacial score (nSPS) is 20.6. The highest BCUT2D eigenvalue weighted by Gasteiger charge is 2.39. The highest BCUT2D eigenvalue weighted by Crippen LogP contribution is 2.36. The average molecular weight is 584 g/mol. The average Bonchev–Trinajstić information content (AvgIpc) is 2.92. The van der Waals surface area contributed by atoms with E-state index >= 15 is 0 Å². The van der Waals surface area contributed by atoms with Crippen LogP contribution >= 0.6 is 23.2 Å². The zero-order valence-electron chi connectivity index (χ0n) is 21.7. The van der Waals surface area contributed by atoms with Crippen LogP contribution in [0, 0.1) is 5.92 Å². The van der Waals surface area contributed by atoms with Gasteiger partial charge in [0.1, 0.15) is 0 Å². The van der Waals surface area contributed by atoms with Crippen molar-refractivity contribution in [2.45, 2.75) is 44.3 Å². The van der Waals surface area contributed by atoms with Gasteiger partial charge in [0.05, 0.1) is 15.6 Å². The number of alkyl halides is 3. The molecule has 0 N–H and O–H groups in total. The first-order chi connectivity index (χ1) is 18.4. The minimum absolute atomic E-state index is 0.00199. The number of benzene rings is 2. The lowest BCUT2D eigenvalue weighted by molar-refractivity contribution is -0.141. The van der Waals surface area contributed by atoms with E-state index in [0.717, 1.165) is 17.7 Å². The van der Waals surface area contributed by atoms with Crippen molar-refractivity contribution in [3.63, 3.8) is 0 Å². The van der Waals surface area contributed by atoms with Gasteiger partial charge >= 0.3 is 6.18 Å². The summed E-state index contributed by atoms with van der Waals surface area (Å²) in [6.45, 7) is 3.39. The molecule has 2 atom stereocenters. The van der Waals surface area contributed by atoms with E-state index in [9.17, 15) is 27.6 Å². The third-order valence-corrected chi connectivity index (χ3v) is 8.57. The molecule has 2 aromatic rings.